The Kier molecular flexibility index (Phi) is 7.64. The monoisotopic (exact) mass is 597 g/mol. The van der Waals surface area contributed by atoms with Crippen LogP contribution in [0.2, 0.25) is 0 Å². The molecule has 2 heterocycles. The summed E-state index contributed by atoms with van der Waals surface area (Å²) in [6.07, 6.45) is -3.78. The zero-order chi connectivity index (χ0) is 27.0. The molecule has 1 aromatic heterocycles. The van der Waals surface area contributed by atoms with Crippen LogP contribution < -0.4 is 10.6 Å². The van der Waals surface area contributed by atoms with Gasteiger partial charge in [0.25, 0.3) is 5.91 Å². The van der Waals surface area contributed by atoms with Gasteiger partial charge in [-0.2, -0.15) is 18.2 Å². The molecule has 0 spiro atoms. The fraction of sp³-hybridized carbons (Fsp3) is 0.292. The van der Waals surface area contributed by atoms with Crippen LogP contribution in [0.1, 0.15) is 34.0 Å². The van der Waals surface area contributed by atoms with Gasteiger partial charge < -0.3 is 20.1 Å². The first-order chi connectivity index (χ1) is 17.4. The van der Waals surface area contributed by atoms with E-state index in [0.29, 0.717) is 35.1 Å². The van der Waals surface area contributed by atoms with Crippen molar-refractivity contribution in [3.63, 3.8) is 0 Å². The SMILES string of the molecule is CCOP(C)(=O)Cc1ccc(Nc2ncc(C(F)(F)F)c(Nc3ccc(Br)c4c3C(=O)N(C)C4)n2)cc1. The number of rotatable bonds is 8. The molecule has 2 aromatic carbocycles. The molecule has 0 bridgehead atoms. The number of carbonyl (C=O) groups excluding carboxylic acids is 1. The molecule has 1 amide bonds. The summed E-state index contributed by atoms with van der Waals surface area (Å²) in [5.74, 6) is -0.867. The number of hydrogen-bond acceptors (Lipinski definition) is 7. The molecule has 196 valence electrons. The van der Waals surface area contributed by atoms with Crippen molar-refractivity contribution in [3.05, 3.63) is 69.3 Å². The highest BCUT2D eigenvalue weighted by molar-refractivity contribution is 9.10. The van der Waals surface area contributed by atoms with Gasteiger partial charge in [-0.15, -0.1) is 0 Å². The lowest BCUT2D eigenvalue weighted by Gasteiger charge is -2.17. The van der Waals surface area contributed by atoms with Crippen LogP contribution in [0.3, 0.4) is 0 Å². The van der Waals surface area contributed by atoms with Crippen molar-refractivity contribution in [2.24, 2.45) is 0 Å². The average Bonchev–Trinajstić information content (AvgIpc) is 3.11. The Morgan fingerprint density at radius 2 is 1.86 bits per heavy atom. The van der Waals surface area contributed by atoms with Gasteiger partial charge in [0.2, 0.25) is 13.3 Å². The lowest BCUT2D eigenvalue weighted by Crippen LogP contribution is -2.18. The lowest BCUT2D eigenvalue weighted by molar-refractivity contribution is -0.137. The number of amides is 1. The topological polar surface area (TPSA) is 96.4 Å². The highest BCUT2D eigenvalue weighted by Crippen LogP contribution is 2.46. The maximum absolute atomic E-state index is 13.8. The van der Waals surface area contributed by atoms with Gasteiger partial charge in [-0.3, -0.25) is 9.36 Å². The Balaban J connectivity index is 1.62. The second-order valence-corrected chi connectivity index (χ2v) is 12.1. The van der Waals surface area contributed by atoms with Gasteiger partial charge in [0.1, 0.15) is 11.4 Å². The number of nitrogens with zero attached hydrogens (tertiary/aromatic N) is 3. The first-order valence-electron chi connectivity index (χ1n) is 11.2. The van der Waals surface area contributed by atoms with E-state index in [1.54, 1.807) is 51.0 Å². The van der Waals surface area contributed by atoms with Crippen LogP contribution in [0.25, 0.3) is 0 Å². The lowest BCUT2D eigenvalue weighted by atomic mass is 10.1. The predicted octanol–water partition coefficient (Wildman–Crippen LogP) is 6.78. The molecule has 1 unspecified atom stereocenters. The maximum atomic E-state index is 13.8. The van der Waals surface area contributed by atoms with Gasteiger partial charge >= 0.3 is 6.18 Å². The first-order valence-corrected chi connectivity index (χ1v) is 14.3. The third-order valence-electron chi connectivity index (χ3n) is 5.64. The third kappa shape index (κ3) is 6.14. The van der Waals surface area contributed by atoms with Crippen molar-refractivity contribution < 1.29 is 27.1 Å². The molecular weight excluding hydrogens is 574 g/mol. The molecule has 3 aromatic rings. The van der Waals surface area contributed by atoms with Crippen LogP contribution in [-0.2, 0) is 28.0 Å². The molecule has 0 saturated carbocycles. The van der Waals surface area contributed by atoms with Crippen molar-refractivity contribution in [3.8, 4) is 0 Å². The Bertz CT molecular complexity index is 1390. The molecule has 0 saturated heterocycles. The molecule has 1 aliphatic heterocycles. The molecule has 13 heteroatoms. The van der Waals surface area contributed by atoms with Crippen molar-refractivity contribution >= 4 is 52.3 Å². The van der Waals surface area contributed by atoms with Gasteiger partial charge in [0.05, 0.1) is 17.9 Å². The molecule has 8 nitrogen and oxygen atoms in total. The number of hydrogen-bond donors (Lipinski definition) is 2. The zero-order valence-corrected chi connectivity index (χ0v) is 22.7. The number of aromatic nitrogens is 2. The first kappa shape index (κ1) is 27.1. The van der Waals surface area contributed by atoms with Gasteiger partial charge in [-0.25, -0.2) is 4.98 Å². The minimum absolute atomic E-state index is 0.0732. The molecule has 0 aliphatic carbocycles. The number of alkyl halides is 3. The van der Waals surface area contributed by atoms with Crippen molar-refractivity contribution in [1.29, 1.82) is 0 Å². The Morgan fingerprint density at radius 3 is 2.51 bits per heavy atom. The quantitative estimate of drug-likeness (QED) is 0.276. The van der Waals surface area contributed by atoms with Crippen LogP contribution in [-0.4, -0.2) is 41.1 Å². The summed E-state index contributed by atoms with van der Waals surface area (Å²) < 4.78 is 59.7. The zero-order valence-electron chi connectivity index (χ0n) is 20.2. The van der Waals surface area contributed by atoms with Crippen molar-refractivity contribution in [1.82, 2.24) is 14.9 Å². The number of benzene rings is 2. The molecule has 0 radical (unpaired) electrons. The van der Waals surface area contributed by atoms with Gasteiger partial charge in [-0.1, -0.05) is 28.1 Å². The van der Waals surface area contributed by atoms with Crippen molar-refractivity contribution in [2.45, 2.75) is 25.8 Å². The van der Waals surface area contributed by atoms with Crippen LogP contribution in [0.15, 0.2) is 47.1 Å². The molecule has 2 N–H and O–H groups in total. The van der Waals surface area contributed by atoms with Gasteiger partial charge in [-0.05, 0) is 36.8 Å². The van der Waals surface area contributed by atoms with E-state index in [4.69, 9.17) is 4.52 Å². The normalized spacial score (nSPS) is 14.9. The van der Waals surface area contributed by atoms with Gasteiger partial charge in [0, 0.05) is 48.3 Å². The Labute approximate surface area is 220 Å². The minimum Gasteiger partial charge on any atom is -0.339 e. The summed E-state index contributed by atoms with van der Waals surface area (Å²) in [5.41, 5.74) is 1.43. The average molecular weight is 598 g/mol. The molecule has 0 fully saturated rings. The second kappa shape index (κ2) is 10.4. The summed E-state index contributed by atoms with van der Waals surface area (Å²) in [5, 5.41) is 5.59. The van der Waals surface area contributed by atoms with Crippen LogP contribution in [0.5, 0.6) is 0 Å². The third-order valence-corrected chi connectivity index (χ3v) is 8.13. The summed E-state index contributed by atoms with van der Waals surface area (Å²) in [6.45, 7) is 4.03. The van der Waals surface area contributed by atoms with Crippen molar-refractivity contribution in [2.75, 3.05) is 31.0 Å². The van der Waals surface area contributed by atoms with E-state index in [-0.39, 0.29) is 29.3 Å². The number of fused-ring (bicyclic) bond motifs is 1. The van der Waals surface area contributed by atoms with E-state index in [1.165, 1.54) is 11.0 Å². The summed E-state index contributed by atoms with van der Waals surface area (Å²) >= 11 is 3.40. The van der Waals surface area contributed by atoms with Crippen LogP contribution in [0.4, 0.5) is 36.3 Å². The van der Waals surface area contributed by atoms with E-state index < -0.39 is 24.9 Å². The van der Waals surface area contributed by atoms with Crippen LogP contribution in [0, 0.1) is 0 Å². The number of halogens is 4. The molecule has 1 atom stereocenters. The van der Waals surface area contributed by atoms with E-state index in [0.717, 1.165) is 5.56 Å². The molecule has 1 aliphatic rings. The van der Waals surface area contributed by atoms with E-state index in [1.807, 2.05) is 0 Å². The fourth-order valence-corrected chi connectivity index (χ4v) is 5.94. The summed E-state index contributed by atoms with van der Waals surface area (Å²) in [7, 11) is -1.15. The standard InChI is InChI=1S/C24H24BrF3N5O3P/c1-4-36-37(3,35)13-14-5-7-15(8-6-14)30-23-29-11-17(24(26,27)28)21(32-23)31-19-10-9-18(25)16-12-33(2)22(34)20(16)19/h5-11H,4,12-13H2,1-3H3,(H2,29,30,31,32). The van der Waals surface area contributed by atoms with E-state index >= 15 is 0 Å². The summed E-state index contributed by atoms with van der Waals surface area (Å²) in [6, 6.07) is 10.1. The molecular formula is C24H24BrF3N5O3P. The Hall–Kier alpha value is -2.95. The van der Waals surface area contributed by atoms with Gasteiger partial charge in [0.15, 0.2) is 0 Å². The maximum Gasteiger partial charge on any atom is 0.421 e. The number of carbonyl (C=O) groups is 1. The largest absolute Gasteiger partial charge is 0.421 e. The highest BCUT2D eigenvalue weighted by Gasteiger charge is 2.36. The molecule has 4 rings (SSSR count). The fourth-order valence-electron chi connectivity index (χ4n) is 3.97. The van der Waals surface area contributed by atoms with Crippen LogP contribution >= 0.6 is 23.3 Å². The second-order valence-electron chi connectivity index (χ2n) is 8.60. The number of nitrogens with one attached hydrogen (secondary N) is 2. The minimum atomic E-state index is -4.73. The smallest absolute Gasteiger partial charge is 0.339 e. The van der Waals surface area contributed by atoms with E-state index in [2.05, 4.69) is 36.5 Å². The predicted molar refractivity (Wildman–Crippen MR) is 139 cm³/mol. The Morgan fingerprint density at radius 1 is 1.16 bits per heavy atom. The highest BCUT2D eigenvalue weighted by atomic mass is 79.9. The summed E-state index contributed by atoms with van der Waals surface area (Å²) in [4.78, 5) is 22.1. The number of anilines is 4. The molecule has 37 heavy (non-hydrogen) atoms. The van der Waals surface area contributed by atoms with E-state index in [9.17, 15) is 22.5 Å².